The van der Waals surface area contributed by atoms with E-state index in [9.17, 15) is 4.79 Å². The van der Waals surface area contributed by atoms with Crippen LogP contribution in [0.5, 0.6) is 0 Å². The second-order valence-electron chi connectivity index (χ2n) is 3.78. The van der Waals surface area contributed by atoms with Gasteiger partial charge in [0, 0.05) is 16.5 Å². The number of hydrogen-bond donors (Lipinski definition) is 1. The van der Waals surface area contributed by atoms with Gasteiger partial charge in [0.25, 0.3) is 5.91 Å². The van der Waals surface area contributed by atoms with Gasteiger partial charge in [-0.1, -0.05) is 28.7 Å². The summed E-state index contributed by atoms with van der Waals surface area (Å²) in [4.78, 5) is 11.7. The maximum absolute atomic E-state index is 11.7. The number of hydrogen-bond acceptors (Lipinski definition) is 1. The quantitative estimate of drug-likeness (QED) is 0.673. The number of benzene rings is 1. The summed E-state index contributed by atoms with van der Waals surface area (Å²) in [6.07, 6.45) is 3.53. The first-order valence-electron chi connectivity index (χ1n) is 5.27. The van der Waals surface area contributed by atoms with Crippen LogP contribution < -0.4 is 5.32 Å². The van der Waals surface area contributed by atoms with Crippen LogP contribution in [0.25, 0.3) is 0 Å². The van der Waals surface area contributed by atoms with Gasteiger partial charge in [0.05, 0.1) is 0 Å². The summed E-state index contributed by atoms with van der Waals surface area (Å²) in [5.41, 5.74) is 3.58. The minimum absolute atomic E-state index is 0.0568. The number of alkyl halides is 1. The van der Waals surface area contributed by atoms with Gasteiger partial charge in [0.2, 0.25) is 0 Å². The number of rotatable bonds is 3. The summed E-state index contributed by atoms with van der Waals surface area (Å²) in [6, 6.07) is 6.08. The van der Waals surface area contributed by atoms with Gasteiger partial charge >= 0.3 is 0 Å². The molecule has 0 saturated heterocycles. The Labute approximate surface area is 104 Å². The van der Waals surface area contributed by atoms with Crippen LogP contribution >= 0.6 is 22.6 Å². The van der Waals surface area contributed by atoms with E-state index in [0.717, 1.165) is 23.0 Å². The second-order valence-corrected chi connectivity index (χ2v) is 4.86. The van der Waals surface area contributed by atoms with Crippen molar-refractivity contribution >= 4 is 28.5 Å². The Morgan fingerprint density at radius 1 is 1.33 bits per heavy atom. The van der Waals surface area contributed by atoms with E-state index in [1.165, 1.54) is 24.0 Å². The van der Waals surface area contributed by atoms with Crippen LogP contribution in [0, 0.1) is 0 Å². The molecule has 0 unspecified atom stereocenters. The molecule has 2 rings (SSSR count). The Bertz CT molecular complexity index is 376. The number of carbonyl (C=O) groups is 1. The maximum atomic E-state index is 11.7. The van der Waals surface area contributed by atoms with Crippen LogP contribution in [0.3, 0.4) is 0 Å². The second kappa shape index (κ2) is 4.96. The van der Waals surface area contributed by atoms with Crippen molar-refractivity contribution in [1.29, 1.82) is 0 Å². The van der Waals surface area contributed by atoms with E-state index in [1.54, 1.807) is 0 Å². The Kier molecular flexibility index (Phi) is 3.61. The van der Waals surface area contributed by atoms with Crippen molar-refractivity contribution in [3.63, 3.8) is 0 Å². The fraction of sp³-hybridized carbons (Fsp3) is 0.417. The fourth-order valence-corrected chi connectivity index (χ4v) is 2.25. The normalized spacial score (nSPS) is 13.7. The van der Waals surface area contributed by atoms with Crippen LogP contribution in [0.1, 0.15) is 27.9 Å². The molecule has 3 heteroatoms. The molecule has 80 valence electrons. The molecule has 1 aromatic rings. The van der Waals surface area contributed by atoms with Gasteiger partial charge in [-0.25, -0.2) is 0 Å². The van der Waals surface area contributed by atoms with Crippen molar-refractivity contribution in [3.8, 4) is 0 Å². The van der Waals surface area contributed by atoms with Gasteiger partial charge < -0.3 is 5.32 Å². The van der Waals surface area contributed by atoms with Gasteiger partial charge in [0.15, 0.2) is 0 Å². The van der Waals surface area contributed by atoms with Crippen molar-refractivity contribution in [2.45, 2.75) is 19.3 Å². The molecule has 1 aliphatic carbocycles. The SMILES string of the molecule is O=C(NCCI)c1ccc2c(c1)CCC2. The molecule has 15 heavy (non-hydrogen) atoms. The number of halogens is 1. The zero-order valence-corrected chi connectivity index (χ0v) is 10.7. The van der Waals surface area contributed by atoms with E-state index >= 15 is 0 Å². The summed E-state index contributed by atoms with van der Waals surface area (Å²) in [5, 5.41) is 2.89. The lowest BCUT2D eigenvalue weighted by atomic mass is 10.1. The van der Waals surface area contributed by atoms with E-state index in [-0.39, 0.29) is 5.91 Å². The lowest BCUT2D eigenvalue weighted by Crippen LogP contribution is -2.25. The van der Waals surface area contributed by atoms with E-state index in [1.807, 2.05) is 12.1 Å². The Morgan fingerprint density at radius 2 is 2.13 bits per heavy atom. The van der Waals surface area contributed by atoms with Crippen LogP contribution in [-0.2, 0) is 12.8 Å². The summed E-state index contributed by atoms with van der Waals surface area (Å²) in [7, 11) is 0. The first-order valence-corrected chi connectivity index (χ1v) is 6.80. The summed E-state index contributed by atoms with van der Waals surface area (Å²) in [6.45, 7) is 0.747. The molecule has 0 radical (unpaired) electrons. The Morgan fingerprint density at radius 3 is 2.93 bits per heavy atom. The van der Waals surface area contributed by atoms with E-state index in [0.29, 0.717) is 0 Å². The van der Waals surface area contributed by atoms with Crippen molar-refractivity contribution in [1.82, 2.24) is 5.32 Å². The smallest absolute Gasteiger partial charge is 0.251 e. The van der Waals surface area contributed by atoms with E-state index < -0.39 is 0 Å². The minimum Gasteiger partial charge on any atom is -0.351 e. The van der Waals surface area contributed by atoms with Crippen molar-refractivity contribution in [2.24, 2.45) is 0 Å². The number of aryl methyl sites for hydroxylation is 2. The van der Waals surface area contributed by atoms with E-state index in [2.05, 4.69) is 34.0 Å². The van der Waals surface area contributed by atoms with Crippen LogP contribution in [-0.4, -0.2) is 16.9 Å². The molecule has 1 aliphatic rings. The Hall–Kier alpha value is -0.580. The number of fused-ring (bicyclic) bond motifs is 1. The highest BCUT2D eigenvalue weighted by Gasteiger charge is 2.13. The molecule has 1 aromatic carbocycles. The predicted molar refractivity (Wildman–Crippen MR) is 69.7 cm³/mol. The first kappa shape index (κ1) is 10.9. The highest BCUT2D eigenvalue weighted by molar-refractivity contribution is 14.1. The molecule has 0 atom stereocenters. The standard InChI is InChI=1S/C12H14INO/c13-6-7-14-12(15)11-5-4-9-2-1-3-10(9)8-11/h4-5,8H,1-3,6-7H2,(H,14,15). The van der Waals surface area contributed by atoms with Gasteiger partial charge in [-0.15, -0.1) is 0 Å². The molecular formula is C12H14INO. The van der Waals surface area contributed by atoms with Crippen LogP contribution in [0.4, 0.5) is 0 Å². The van der Waals surface area contributed by atoms with Gasteiger partial charge in [0.1, 0.15) is 0 Å². The molecule has 0 bridgehead atoms. The van der Waals surface area contributed by atoms with Crippen molar-refractivity contribution in [3.05, 3.63) is 34.9 Å². The molecule has 2 nitrogen and oxygen atoms in total. The zero-order chi connectivity index (χ0) is 10.7. The molecule has 0 aromatic heterocycles. The maximum Gasteiger partial charge on any atom is 0.251 e. The molecular weight excluding hydrogens is 301 g/mol. The molecule has 1 N–H and O–H groups in total. The largest absolute Gasteiger partial charge is 0.351 e. The first-order chi connectivity index (χ1) is 7.31. The third-order valence-electron chi connectivity index (χ3n) is 2.74. The summed E-state index contributed by atoms with van der Waals surface area (Å²) >= 11 is 2.25. The monoisotopic (exact) mass is 315 g/mol. The zero-order valence-electron chi connectivity index (χ0n) is 8.55. The third-order valence-corrected chi connectivity index (χ3v) is 3.28. The predicted octanol–water partition coefficient (Wildman–Crippen LogP) is 2.34. The highest BCUT2D eigenvalue weighted by atomic mass is 127. The van der Waals surface area contributed by atoms with Crippen LogP contribution in [0.2, 0.25) is 0 Å². The summed E-state index contributed by atoms with van der Waals surface area (Å²) < 4.78 is 0.953. The van der Waals surface area contributed by atoms with E-state index in [4.69, 9.17) is 0 Å². The lowest BCUT2D eigenvalue weighted by molar-refractivity contribution is 0.0956. The Balaban J connectivity index is 2.12. The lowest BCUT2D eigenvalue weighted by Gasteiger charge is -2.05. The molecule has 0 saturated carbocycles. The fourth-order valence-electron chi connectivity index (χ4n) is 1.98. The highest BCUT2D eigenvalue weighted by Crippen LogP contribution is 2.22. The third kappa shape index (κ3) is 2.51. The van der Waals surface area contributed by atoms with Crippen LogP contribution in [0.15, 0.2) is 18.2 Å². The van der Waals surface area contributed by atoms with Gasteiger partial charge in [-0.2, -0.15) is 0 Å². The molecule has 1 amide bonds. The number of nitrogens with one attached hydrogen (secondary N) is 1. The van der Waals surface area contributed by atoms with Gasteiger partial charge in [-0.3, -0.25) is 4.79 Å². The molecule has 0 aliphatic heterocycles. The topological polar surface area (TPSA) is 29.1 Å². The van der Waals surface area contributed by atoms with Crippen molar-refractivity contribution < 1.29 is 4.79 Å². The molecule has 0 heterocycles. The summed E-state index contributed by atoms with van der Waals surface area (Å²) in [5.74, 6) is 0.0568. The average molecular weight is 315 g/mol. The van der Waals surface area contributed by atoms with Crippen molar-refractivity contribution in [2.75, 3.05) is 11.0 Å². The van der Waals surface area contributed by atoms with Gasteiger partial charge in [-0.05, 0) is 42.5 Å². The average Bonchev–Trinajstić information content (AvgIpc) is 2.72. The minimum atomic E-state index is 0.0568. The number of carbonyl (C=O) groups excluding carboxylic acids is 1. The molecule has 0 fully saturated rings. The molecule has 0 spiro atoms. The number of amides is 1.